The van der Waals surface area contributed by atoms with E-state index in [1.807, 2.05) is 42.8 Å². The van der Waals surface area contributed by atoms with Gasteiger partial charge in [-0.05, 0) is 55.0 Å². The van der Waals surface area contributed by atoms with Gasteiger partial charge in [0.2, 0.25) is 5.95 Å². The molecule has 0 radical (unpaired) electrons. The van der Waals surface area contributed by atoms with Crippen molar-refractivity contribution in [2.24, 2.45) is 7.05 Å². The Morgan fingerprint density at radius 1 is 1.16 bits per heavy atom. The number of aromatic nitrogens is 3. The second-order valence-electron chi connectivity index (χ2n) is 9.66. The van der Waals surface area contributed by atoms with E-state index in [0.29, 0.717) is 50.3 Å². The van der Waals surface area contributed by atoms with Gasteiger partial charge >= 0.3 is 6.03 Å². The van der Waals surface area contributed by atoms with Gasteiger partial charge in [0.15, 0.2) is 0 Å². The number of nitrogens with one attached hydrogen (secondary N) is 4. The summed E-state index contributed by atoms with van der Waals surface area (Å²) in [4.78, 5) is 33.1. The average molecular weight is 553 g/mol. The summed E-state index contributed by atoms with van der Waals surface area (Å²) in [6.45, 7) is 2.32. The smallest absolute Gasteiger partial charge is 0.315 e. The number of hydrogen-bond acceptors (Lipinski definition) is 4. The van der Waals surface area contributed by atoms with Crippen molar-refractivity contribution in [1.82, 2.24) is 25.2 Å². The van der Waals surface area contributed by atoms with Crippen LogP contribution >= 0.6 is 23.2 Å². The number of carbonyl (C=O) groups is 1. The van der Waals surface area contributed by atoms with Crippen molar-refractivity contribution in [3.63, 3.8) is 0 Å². The molecule has 8 nitrogen and oxygen atoms in total. The minimum Gasteiger partial charge on any atom is -0.335 e. The molecule has 1 aliphatic carbocycles. The molecule has 38 heavy (non-hydrogen) atoms. The lowest BCUT2D eigenvalue weighted by atomic mass is 9.96. The number of hydrogen-bond donors (Lipinski definition) is 4. The van der Waals surface area contributed by atoms with E-state index in [1.54, 1.807) is 18.2 Å². The number of nitrogens with zero attached hydrogens (tertiary/aromatic N) is 2. The first kappa shape index (κ1) is 26.1. The first-order chi connectivity index (χ1) is 18.3. The zero-order chi connectivity index (χ0) is 26.8. The number of aromatic amines is 1. The number of amides is 2. The lowest BCUT2D eigenvalue weighted by Crippen LogP contribution is -2.42. The molecule has 10 heteroatoms. The molecule has 1 saturated carbocycles. The first-order valence-electron chi connectivity index (χ1n) is 12.8. The molecular weight excluding hydrogens is 523 g/mol. The van der Waals surface area contributed by atoms with Gasteiger partial charge in [0.25, 0.3) is 5.56 Å². The highest BCUT2D eigenvalue weighted by molar-refractivity contribution is 6.39. The van der Waals surface area contributed by atoms with Gasteiger partial charge in [-0.2, -0.15) is 0 Å². The molecule has 2 aromatic carbocycles. The van der Waals surface area contributed by atoms with Gasteiger partial charge in [-0.3, -0.25) is 4.79 Å². The van der Waals surface area contributed by atoms with Crippen LogP contribution in [0.4, 0.5) is 16.4 Å². The summed E-state index contributed by atoms with van der Waals surface area (Å²) in [6.07, 6.45) is 9.31. The Morgan fingerprint density at radius 2 is 1.89 bits per heavy atom. The molecule has 2 heterocycles. The van der Waals surface area contributed by atoms with Crippen LogP contribution in [0.3, 0.4) is 0 Å². The molecule has 1 aliphatic rings. The Hall–Kier alpha value is -3.49. The maximum absolute atomic E-state index is 13.3. The highest BCUT2D eigenvalue weighted by Gasteiger charge is 2.18. The van der Waals surface area contributed by atoms with Crippen LogP contribution in [0.2, 0.25) is 10.0 Å². The Morgan fingerprint density at radius 3 is 2.63 bits per heavy atom. The van der Waals surface area contributed by atoms with Crippen molar-refractivity contribution < 1.29 is 4.79 Å². The average Bonchev–Trinajstić information content (AvgIpc) is 3.22. The number of fused-ring (bicyclic) bond motifs is 3. The molecule has 5 rings (SSSR count). The zero-order valence-corrected chi connectivity index (χ0v) is 22.8. The molecule has 1 fully saturated rings. The number of imidazole rings is 1. The normalized spacial score (nSPS) is 14.4. The third-order valence-corrected chi connectivity index (χ3v) is 7.75. The number of aryl methyl sites for hydroxylation is 2. The van der Waals surface area contributed by atoms with Gasteiger partial charge in [0.1, 0.15) is 0 Å². The highest BCUT2D eigenvalue weighted by atomic mass is 35.5. The lowest BCUT2D eigenvalue weighted by Gasteiger charge is -2.22. The van der Waals surface area contributed by atoms with Crippen LogP contribution in [0.25, 0.3) is 27.9 Å². The summed E-state index contributed by atoms with van der Waals surface area (Å²) in [6, 6.07) is 9.17. The third kappa shape index (κ3) is 5.24. The van der Waals surface area contributed by atoms with E-state index in [1.165, 1.54) is 6.42 Å². The maximum Gasteiger partial charge on any atom is 0.315 e. The molecule has 0 saturated heterocycles. The van der Waals surface area contributed by atoms with Gasteiger partial charge in [-0.1, -0.05) is 60.7 Å². The van der Waals surface area contributed by atoms with E-state index in [0.717, 1.165) is 36.6 Å². The summed E-state index contributed by atoms with van der Waals surface area (Å²) in [7, 11) is 1.84. The number of H-pyrrole nitrogens is 1. The summed E-state index contributed by atoms with van der Waals surface area (Å²) < 4.78 is 1.83. The molecule has 0 aliphatic heterocycles. The fraction of sp³-hybridized carbons (Fsp3) is 0.321. The quantitative estimate of drug-likeness (QED) is 0.221. The van der Waals surface area contributed by atoms with E-state index in [4.69, 9.17) is 23.2 Å². The number of pyridine rings is 1. The number of rotatable bonds is 6. The van der Waals surface area contributed by atoms with Gasteiger partial charge in [0.05, 0.1) is 32.2 Å². The molecule has 4 N–H and O–H groups in total. The Kier molecular flexibility index (Phi) is 7.63. The minimum absolute atomic E-state index is 0.161. The number of anilines is 2. The van der Waals surface area contributed by atoms with E-state index >= 15 is 0 Å². The third-order valence-electron chi connectivity index (χ3n) is 7.12. The van der Waals surface area contributed by atoms with Crippen molar-refractivity contribution in [1.29, 1.82) is 0 Å². The molecule has 2 aromatic heterocycles. The van der Waals surface area contributed by atoms with E-state index in [9.17, 15) is 9.59 Å². The monoisotopic (exact) mass is 552 g/mol. The molecule has 4 aromatic rings. The molecule has 0 unspecified atom stereocenters. The van der Waals surface area contributed by atoms with Crippen LogP contribution < -0.4 is 21.5 Å². The van der Waals surface area contributed by atoms with Gasteiger partial charge < -0.3 is 25.5 Å². The zero-order valence-electron chi connectivity index (χ0n) is 21.3. The van der Waals surface area contributed by atoms with E-state index < -0.39 is 0 Å². The Bertz CT molecular complexity index is 1580. The first-order valence-corrected chi connectivity index (χ1v) is 13.5. The van der Waals surface area contributed by atoms with Gasteiger partial charge in [-0.15, -0.1) is 0 Å². The number of urea groups is 1. The summed E-state index contributed by atoms with van der Waals surface area (Å²) in [5, 5.41) is 11.4. The highest BCUT2D eigenvalue weighted by Crippen LogP contribution is 2.34. The van der Waals surface area contributed by atoms with Crippen LogP contribution in [-0.4, -0.2) is 33.2 Å². The summed E-state index contributed by atoms with van der Waals surface area (Å²) in [5.74, 6) is 0.515. The maximum atomic E-state index is 13.3. The molecule has 198 valence electrons. The second-order valence-corrected chi connectivity index (χ2v) is 10.5. The number of para-hydroxylation sites is 1. The topological polar surface area (TPSA) is 104 Å². The van der Waals surface area contributed by atoms with Crippen LogP contribution in [0.5, 0.6) is 0 Å². The predicted molar refractivity (Wildman–Crippen MR) is 156 cm³/mol. The molecule has 2 amide bonds. The second kappa shape index (κ2) is 11.1. The van der Waals surface area contributed by atoms with Crippen molar-refractivity contribution in [3.05, 3.63) is 68.1 Å². The van der Waals surface area contributed by atoms with Crippen molar-refractivity contribution >= 4 is 68.8 Å². The van der Waals surface area contributed by atoms with Crippen LogP contribution in [0.15, 0.2) is 41.2 Å². The minimum atomic E-state index is -0.218. The van der Waals surface area contributed by atoms with E-state index in [2.05, 4.69) is 25.9 Å². The Balaban J connectivity index is 1.39. The van der Waals surface area contributed by atoms with Crippen LogP contribution in [-0.2, 0) is 7.05 Å². The fourth-order valence-corrected chi connectivity index (χ4v) is 5.58. The Labute approximate surface area is 230 Å². The largest absolute Gasteiger partial charge is 0.335 e. The van der Waals surface area contributed by atoms with Gasteiger partial charge in [-0.25, -0.2) is 9.78 Å². The summed E-state index contributed by atoms with van der Waals surface area (Å²) >= 11 is 12.7. The number of halogens is 2. The van der Waals surface area contributed by atoms with Gasteiger partial charge in [0, 0.05) is 25.3 Å². The fourth-order valence-electron chi connectivity index (χ4n) is 5.09. The van der Waals surface area contributed by atoms with E-state index in [-0.39, 0.29) is 17.6 Å². The van der Waals surface area contributed by atoms with Crippen molar-refractivity contribution in [2.75, 3.05) is 11.9 Å². The number of carbonyl (C=O) groups excluding carboxylic acids is 1. The van der Waals surface area contributed by atoms with Crippen LogP contribution in [0, 0.1) is 6.92 Å². The predicted octanol–water partition coefficient (Wildman–Crippen LogP) is 6.42. The molecular formula is C28H30Cl2N6O2. The van der Waals surface area contributed by atoms with Crippen molar-refractivity contribution in [2.45, 2.75) is 45.1 Å². The lowest BCUT2D eigenvalue weighted by molar-refractivity contribution is 0.233. The van der Waals surface area contributed by atoms with Crippen molar-refractivity contribution in [3.8, 4) is 0 Å². The standard InChI is InChI=1S/C28H30Cl2N6O2/c1-16-18-13-14-22-25(36(2)27(34-22)35-24-19(29)10-6-11-20(24)30)23(18)26(37)33-21(16)12-7-15-31-28(38)32-17-8-4-3-5-9-17/h6-7,10-14,17H,3-5,8-9,15H2,1-2H3,(H,33,37)(H,34,35)(H2,31,32,38)/b12-7+. The van der Waals surface area contributed by atoms with Crippen LogP contribution in [0.1, 0.15) is 43.4 Å². The molecule has 0 bridgehead atoms. The number of benzene rings is 2. The molecule has 0 atom stereocenters. The summed E-state index contributed by atoms with van der Waals surface area (Å²) in [5.41, 5.74) is 3.33. The molecule has 0 spiro atoms. The SMILES string of the molecule is Cc1c(/C=C/CNC(=O)NC2CCCCC2)[nH]c(=O)c2c1ccc1nc(Nc3c(Cl)cccc3Cl)n(C)c12.